The number of thiazole rings is 1. The van der Waals surface area contributed by atoms with E-state index in [1.165, 1.54) is 0 Å². The number of alkyl halides is 3. The Morgan fingerprint density at radius 2 is 1.79 bits per heavy atom. The van der Waals surface area contributed by atoms with Crippen LogP contribution in [0.5, 0.6) is 11.6 Å². The molecule has 0 atom stereocenters. The maximum absolute atomic E-state index is 13.7. The van der Waals surface area contributed by atoms with Crippen LogP contribution in [0.1, 0.15) is 50.8 Å². The number of hydrogen-bond donors (Lipinski definition) is 1. The minimum absolute atomic E-state index is 0.141. The molecule has 2 heterocycles. The summed E-state index contributed by atoms with van der Waals surface area (Å²) in [6, 6.07) is 11.1. The molecule has 0 aliphatic carbocycles. The molecule has 34 heavy (non-hydrogen) atoms. The predicted molar refractivity (Wildman–Crippen MR) is 131 cm³/mol. The Bertz CT molecular complexity index is 1110. The fourth-order valence-electron chi connectivity index (χ4n) is 3.63. The molecule has 0 fully saturated rings. The van der Waals surface area contributed by atoms with Gasteiger partial charge < -0.3 is 15.0 Å². The summed E-state index contributed by atoms with van der Waals surface area (Å²) in [4.78, 5) is 10.2. The minimum atomic E-state index is -4.54. The minimum Gasteiger partial charge on any atom is -0.437 e. The number of nitrogens with one attached hydrogen (secondary N) is 1. The van der Waals surface area contributed by atoms with Crippen LogP contribution in [0.4, 0.5) is 24.0 Å². The second-order valence-corrected chi connectivity index (χ2v) is 10.8. The number of aromatic nitrogens is 2. The first-order valence-electron chi connectivity index (χ1n) is 11.1. The second-order valence-electron chi connectivity index (χ2n) is 9.71. The topological polar surface area (TPSA) is 50.3 Å². The van der Waals surface area contributed by atoms with Gasteiger partial charge in [-0.05, 0) is 36.6 Å². The standard InChI is InChI=1S/C25H31F3N4OS/c1-16(2)14-32(6)15-20-21(25(26,27)28)31-23(34-20)30-18-11-9-13-29-22(18)33-19-12-8-7-10-17(19)24(3,4)5/h7-13,16H,14-15H2,1-6H3,(H,30,31). The van der Waals surface area contributed by atoms with Gasteiger partial charge in [0.2, 0.25) is 5.88 Å². The summed E-state index contributed by atoms with van der Waals surface area (Å²) >= 11 is 0.992. The number of anilines is 2. The van der Waals surface area contributed by atoms with Crippen LogP contribution in [0, 0.1) is 5.92 Å². The van der Waals surface area contributed by atoms with Gasteiger partial charge in [0.05, 0.1) is 4.88 Å². The summed E-state index contributed by atoms with van der Waals surface area (Å²) in [5.41, 5.74) is 0.416. The molecule has 0 saturated carbocycles. The normalized spacial score (nSPS) is 12.4. The summed E-state index contributed by atoms with van der Waals surface area (Å²) < 4.78 is 47.2. The van der Waals surface area contributed by atoms with Gasteiger partial charge in [-0.1, -0.05) is 64.2 Å². The third-order valence-electron chi connectivity index (χ3n) is 4.97. The monoisotopic (exact) mass is 492 g/mol. The lowest BCUT2D eigenvalue weighted by Crippen LogP contribution is -2.23. The van der Waals surface area contributed by atoms with E-state index in [0.717, 1.165) is 16.9 Å². The molecule has 2 aromatic heterocycles. The van der Waals surface area contributed by atoms with Crippen molar-refractivity contribution in [2.45, 2.75) is 52.8 Å². The first-order valence-corrected chi connectivity index (χ1v) is 11.9. The fraction of sp³-hybridized carbons (Fsp3) is 0.440. The summed E-state index contributed by atoms with van der Waals surface area (Å²) in [5, 5.41) is 3.14. The van der Waals surface area contributed by atoms with Crippen molar-refractivity contribution < 1.29 is 17.9 Å². The predicted octanol–water partition coefficient (Wildman–Crippen LogP) is 7.48. The molecule has 5 nitrogen and oxygen atoms in total. The van der Waals surface area contributed by atoms with Gasteiger partial charge in [-0.15, -0.1) is 0 Å². The molecule has 0 saturated heterocycles. The smallest absolute Gasteiger partial charge is 0.434 e. The van der Waals surface area contributed by atoms with Gasteiger partial charge >= 0.3 is 6.18 Å². The van der Waals surface area contributed by atoms with E-state index in [4.69, 9.17) is 4.74 Å². The molecule has 9 heteroatoms. The average Bonchev–Trinajstić information content (AvgIpc) is 3.11. The van der Waals surface area contributed by atoms with Gasteiger partial charge in [0.25, 0.3) is 0 Å². The van der Waals surface area contributed by atoms with E-state index in [-0.39, 0.29) is 27.8 Å². The van der Waals surface area contributed by atoms with Crippen molar-refractivity contribution in [3.8, 4) is 11.6 Å². The highest BCUT2D eigenvalue weighted by atomic mass is 32.1. The van der Waals surface area contributed by atoms with Crippen LogP contribution < -0.4 is 10.1 Å². The van der Waals surface area contributed by atoms with Crippen molar-refractivity contribution in [3.63, 3.8) is 0 Å². The number of benzene rings is 1. The van der Waals surface area contributed by atoms with Crippen LogP contribution in [0.15, 0.2) is 42.6 Å². The van der Waals surface area contributed by atoms with Crippen LogP contribution in [-0.4, -0.2) is 28.5 Å². The molecular weight excluding hydrogens is 461 g/mol. The van der Waals surface area contributed by atoms with Crippen molar-refractivity contribution in [1.29, 1.82) is 0 Å². The van der Waals surface area contributed by atoms with E-state index in [1.54, 1.807) is 18.3 Å². The van der Waals surface area contributed by atoms with E-state index < -0.39 is 11.9 Å². The van der Waals surface area contributed by atoms with Crippen LogP contribution >= 0.6 is 11.3 Å². The number of nitrogens with zero attached hydrogens (tertiary/aromatic N) is 3. The molecule has 3 aromatic rings. The molecule has 0 aliphatic heterocycles. The second kappa shape index (κ2) is 10.3. The Morgan fingerprint density at radius 3 is 2.44 bits per heavy atom. The van der Waals surface area contributed by atoms with Gasteiger partial charge in [0.15, 0.2) is 10.8 Å². The molecule has 0 amide bonds. The van der Waals surface area contributed by atoms with Crippen molar-refractivity contribution >= 4 is 22.2 Å². The Kier molecular flexibility index (Phi) is 7.88. The number of halogens is 3. The first-order chi connectivity index (χ1) is 15.8. The van der Waals surface area contributed by atoms with Crippen LogP contribution in [-0.2, 0) is 18.1 Å². The van der Waals surface area contributed by atoms with Gasteiger partial charge in [-0.25, -0.2) is 9.97 Å². The number of rotatable bonds is 8. The highest BCUT2D eigenvalue weighted by Gasteiger charge is 2.38. The van der Waals surface area contributed by atoms with E-state index in [0.29, 0.717) is 23.9 Å². The number of hydrogen-bond acceptors (Lipinski definition) is 6. The summed E-state index contributed by atoms with van der Waals surface area (Å²) in [6.45, 7) is 11.2. The fourth-order valence-corrected chi connectivity index (χ4v) is 4.70. The molecule has 0 bridgehead atoms. The van der Waals surface area contributed by atoms with Gasteiger partial charge in [0, 0.05) is 24.8 Å². The zero-order valence-corrected chi connectivity index (χ0v) is 21.1. The van der Waals surface area contributed by atoms with Gasteiger partial charge in [-0.2, -0.15) is 13.2 Å². The Labute approximate surface area is 203 Å². The third-order valence-corrected chi connectivity index (χ3v) is 5.93. The highest BCUT2D eigenvalue weighted by molar-refractivity contribution is 7.15. The first kappa shape index (κ1) is 26.0. The van der Waals surface area contributed by atoms with Gasteiger partial charge in [0.1, 0.15) is 11.4 Å². The van der Waals surface area contributed by atoms with Crippen molar-refractivity contribution in [1.82, 2.24) is 14.9 Å². The van der Waals surface area contributed by atoms with E-state index >= 15 is 0 Å². The number of para-hydroxylation sites is 1. The van der Waals surface area contributed by atoms with Crippen molar-refractivity contribution in [2.24, 2.45) is 5.92 Å². The van der Waals surface area contributed by atoms with E-state index in [2.05, 4.69) is 36.1 Å². The summed E-state index contributed by atoms with van der Waals surface area (Å²) in [7, 11) is 1.81. The lowest BCUT2D eigenvalue weighted by Gasteiger charge is -2.22. The van der Waals surface area contributed by atoms with Crippen LogP contribution in [0.3, 0.4) is 0 Å². The molecule has 3 rings (SSSR count). The largest absolute Gasteiger partial charge is 0.437 e. The van der Waals surface area contributed by atoms with Crippen molar-refractivity contribution in [3.05, 3.63) is 58.7 Å². The molecule has 0 spiro atoms. The third kappa shape index (κ3) is 6.70. The van der Waals surface area contributed by atoms with Crippen LogP contribution in [0.25, 0.3) is 0 Å². The van der Waals surface area contributed by atoms with E-state index in [1.807, 2.05) is 50.1 Å². The summed E-state index contributed by atoms with van der Waals surface area (Å²) in [5.74, 6) is 1.25. The zero-order chi connectivity index (χ0) is 25.1. The molecule has 0 unspecified atom stereocenters. The number of pyridine rings is 1. The lowest BCUT2D eigenvalue weighted by molar-refractivity contribution is -0.141. The maximum atomic E-state index is 13.7. The molecule has 0 aliphatic rings. The molecule has 1 aromatic carbocycles. The Morgan fingerprint density at radius 1 is 1.09 bits per heavy atom. The average molecular weight is 493 g/mol. The Balaban J connectivity index is 1.90. The maximum Gasteiger partial charge on any atom is 0.434 e. The van der Waals surface area contributed by atoms with E-state index in [9.17, 15) is 13.2 Å². The quantitative estimate of drug-likeness (QED) is 0.353. The lowest BCUT2D eigenvalue weighted by atomic mass is 9.86. The SMILES string of the molecule is CC(C)CN(C)Cc1sc(Nc2cccnc2Oc2ccccc2C(C)(C)C)nc1C(F)(F)F. The summed E-state index contributed by atoms with van der Waals surface area (Å²) in [6.07, 6.45) is -2.96. The molecular formula is C25H31F3N4OS. The highest BCUT2D eigenvalue weighted by Crippen LogP contribution is 2.40. The van der Waals surface area contributed by atoms with Crippen molar-refractivity contribution in [2.75, 3.05) is 18.9 Å². The number of ether oxygens (including phenoxy) is 1. The van der Waals surface area contributed by atoms with Crippen LogP contribution in [0.2, 0.25) is 0 Å². The van der Waals surface area contributed by atoms with Gasteiger partial charge in [-0.3, -0.25) is 0 Å². The molecule has 184 valence electrons. The molecule has 1 N–H and O–H groups in total. The Hall–Kier alpha value is -2.65. The molecule has 0 radical (unpaired) electrons. The zero-order valence-electron chi connectivity index (χ0n) is 20.3.